The van der Waals surface area contributed by atoms with Gasteiger partial charge in [-0.3, -0.25) is 4.57 Å². The van der Waals surface area contributed by atoms with Crippen LogP contribution in [-0.2, 0) is 19.3 Å². The first-order valence-corrected chi connectivity index (χ1v) is 7.43. The summed E-state index contributed by atoms with van der Waals surface area (Å²) >= 11 is 0. The van der Waals surface area contributed by atoms with E-state index in [1.165, 1.54) is 11.3 Å². The maximum atomic E-state index is 6.17. The third-order valence-corrected chi connectivity index (χ3v) is 4.07. The predicted octanol–water partition coefficient (Wildman–Crippen LogP) is 2.12. The lowest BCUT2D eigenvalue weighted by molar-refractivity contribution is 0.557. The number of hydrogen-bond acceptors (Lipinski definition) is 4. The van der Waals surface area contributed by atoms with Crippen molar-refractivity contribution in [1.29, 1.82) is 0 Å². The van der Waals surface area contributed by atoms with Crippen LogP contribution >= 0.6 is 0 Å². The standard InChI is InChI=1S/C15H21N5/c1-3-12-13(4-2)18-19-15(17-12)20-9-8-10-11(16)6-5-7-14(10)20/h8-9,11H,3-7,16H2,1-2H3. The maximum absolute atomic E-state index is 6.17. The van der Waals surface area contributed by atoms with Crippen LogP contribution in [0.3, 0.4) is 0 Å². The molecule has 0 fully saturated rings. The second-order valence-electron chi connectivity index (χ2n) is 5.30. The Kier molecular flexibility index (Phi) is 3.53. The van der Waals surface area contributed by atoms with Gasteiger partial charge in [-0.05, 0) is 43.7 Å². The summed E-state index contributed by atoms with van der Waals surface area (Å²) in [6, 6.07) is 2.25. The zero-order valence-electron chi connectivity index (χ0n) is 12.1. The van der Waals surface area contributed by atoms with Crippen LogP contribution in [0.1, 0.15) is 55.4 Å². The van der Waals surface area contributed by atoms with Gasteiger partial charge in [-0.25, -0.2) is 4.98 Å². The first-order valence-electron chi connectivity index (χ1n) is 7.43. The Morgan fingerprint density at radius 3 is 2.80 bits per heavy atom. The topological polar surface area (TPSA) is 69.6 Å². The summed E-state index contributed by atoms with van der Waals surface area (Å²) in [7, 11) is 0. The Morgan fingerprint density at radius 2 is 2.05 bits per heavy atom. The first kappa shape index (κ1) is 13.2. The van der Waals surface area contributed by atoms with Crippen molar-refractivity contribution in [2.45, 2.75) is 52.0 Å². The number of aromatic nitrogens is 4. The molecule has 0 aromatic carbocycles. The van der Waals surface area contributed by atoms with Gasteiger partial charge in [-0.1, -0.05) is 13.8 Å². The van der Waals surface area contributed by atoms with E-state index in [1.807, 2.05) is 6.20 Å². The Morgan fingerprint density at radius 1 is 1.25 bits per heavy atom. The monoisotopic (exact) mass is 271 g/mol. The van der Waals surface area contributed by atoms with Crippen molar-refractivity contribution in [3.8, 4) is 5.95 Å². The summed E-state index contributed by atoms with van der Waals surface area (Å²) in [5, 5.41) is 8.62. The largest absolute Gasteiger partial charge is 0.324 e. The van der Waals surface area contributed by atoms with Crippen molar-refractivity contribution in [3.05, 3.63) is 34.9 Å². The van der Waals surface area contributed by atoms with E-state index < -0.39 is 0 Å². The molecular formula is C15H21N5. The highest BCUT2D eigenvalue weighted by atomic mass is 15.3. The van der Waals surface area contributed by atoms with E-state index >= 15 is 0 Å². The molecule has 0 amide bonds. The lowest BCUT2D eigenvalue weighted by atomic mass is 9.94. The third kappa shape index (κ3) is 2.12. The van der Waals surface area contributed by atoms with Gasteiger partial charge in [0.05, 0.1) is 11.4 Å². The van der Waals surface area contributed by atoms with Crippen LogP contribution < -0.4 is 5.73 Å². The lowest BCUT2D eigenvalue weighted by Crippen LogP contribution is -2.19. The van der Waals surface area contributed by atoms with E-state index in [0.717, 1.165) is 43.5 Å². The number of hydrogen-bond donors (Lipinski definition) is 1. The minimum Gasteiger partial charge on any atom is -0.324 e. The summed E-state index contributed by atoms with van der Waals surface area (Å²) in [6.45, 7) is 4.19. The van der Waals surface area contributed by atoms with Gasteiger partial charge in [0.2, 0.25) is 0 Å². The van der Waals surface area contributed by atoms with Crippen molar-refractivity contribution in [2.75, 3.05) is 0 Å². The number of nitrogens with two attached hydrogens (primary N) is 1. The molecule has 1 aliphatic rings. The summed E-state index contributed by atoms with van der Waals surface area (Å²) in [6.07, 6.45) is 7.01. The molecule has 0 bridgehead atoms. The molecule has 0 saturated heterocycles. The summed E-state index contributed by atoms with van der Waals surface area (Å²) in [5.74, 6) is 0.675. The molecule has 5 nitrogen and oxygen atoms in total. The Bertz CT molecular complexity index is 617. The van der Waals surface area contributed by atoms with Crippen LogP contribution in [0.5, 0.6) is 0 Å². The van der Waals surface area contributed by atoms with Gasteiger partial charge < -0.3 is 5.73 Å². The molecule has 0 spiro atoms. The SMILES string of the molecule is CCc1nnc(-n2ccc3c2CCCC3N)nc1CC. The molecule has 1 unspecified atom stereocenters. The average Bonchev–Trinajstić information content (AvgIpc) is 2.92. The molecule has 1 aliphatic carbocycles. The van der Waals surface area contributed by atoms with Crippen LogP contribution in [-0.4, -0.2) is 19.7 Å². The summed E-state index contributed by atoms with van der Waals surface area (Å²) < 4.78 is 2.06. The predicted molar refractivity (Wildman–Crippen MR) is 77.8 cm³/mol. The van der Waals surface area contributed by atoms with E-state index in [4.69, 9.17) is 5.73 Å². The summed E-state index contributed by atoms with van der Waals surface area (Å²) in [5.41, 5.74) is 10.7. The van der Waals surface area contributed by atoms with Gasteiger partial charge in [-0.2, -0.15) is 0 Å². The number of fused-ring (bicyclic) bond motifs is 1. The minimum atomic E-state index is 0.147. The number of aryl methyl sites for hydroxylation is 2. The Hall–Kier alpha value is -1.75. The quantitative estimate of drug-likeness (QED) is 0.928. The highest BCUT2D eigenvalue weighted by Crippen LogP contribution is 2.29. The molecular weight excluding hydrogens is 250 g/mol. The van der Waals surface area contributed by atoms with E-state index in [1.54, 1.807) is 0 Å². The molecule has 0 aliphatic heterocycles. The van der Waals surface area contributed by atoms with Crippen LogP contribution in [0.2, 0.25) is 0 Å². The van der Waals surface area contributed by atoms with Crippen molar-refractivity contribution >= 4 is 0 Å². The van der Waals surface area contributed by atoms with Crippen LogP contribution in [0, 0.1) is 0 Å². The molecule has 3 rings (SSSR count). The molecule has 1 atom stereocenters. The van der Waals surface area contributed by atoms with Gasteiger partial charge in [-0.15, -0.1) is 10.2 Å². The molecule has 2 N–H and O–H groups in total. The van der Waals surface area contributed by atoms with E-state index in [-0.39, 0.29) is 6.04 Å². The molecule has 20 heavy (non-hydrogen) atoms. The van der Waals surface area contributed by atoms with Crippen LogP contribution in [0.4, 0.5) is 0 Å². The van der Waals surface area contributed by atoms with Crippen molar-refractivity contribution < 1.29 is 0 Å². The second-order valence-corrected chi connectivity index (χ2v) is 5.30. The van der Waals surface area contributed by atoms with Crippen LogP contribution in [0.25, 0.3) is 5.95 Å². The molecule has 0 radical (unpaired) electrons. The molecule has 2 heterocycles. The van der Waals surface area contributed by atoms with Crippen molar-refractivity contribution in [2.24, 2.45) is 5.73 Å². The molecule has 0 saturated carbocycles. The average molecular weight is 271 g/mol. The fourth-order valence-electron chi connectivity index (χ4n) is 2.95. The van der Waals surface area contributed by atoms with Crippen molar-refractivity contribution in [3.63, 3.8) is 0 Å². The molecule has 5 heteroatoms. The number of rotatable bonds is 3. The minimum absolute atomic E-state index is 0.147. The highest BCUT2D eigenvalue weighted by Gasteiger charge is 2.22. The van der Waals surface area contributed by atoms with Gasteiger partial charge in [0.1, 0.15) is 0 Å². The normalized spacial score (nSPS) is 18.1. The lowest BCUT2D eigenvalue weighted by Gasteiger charge is -2.20. The number of nitrogens with zero attached hydrogens (tertiary/aromatic N) is 4. The first-order chi connectivity index (χ1) is 9.74. The van der Waals surface area contributed by atoms with Gasteiger partial charge in [0.25, 0.3) is 5.95 Å². The second kappa shape index (κ2) is 5.32. The van der Waals surface area contributed by atoms with Crippen LogP contribution in [0.15, 0.2) is 12.3 Å². The van der Waals surface area contributed by atoms with E-state index in [2.05, 4.69) is 39.7 Å². The third-order valence-electron chi connectivity index (χ3n) is 4.07. The van der Waals surface area contributed by atoms with Gasteiger partial charge in [0, 0.05) is 17.9 Å². The fraction of sp³-hybridized carbons (Fsp3) is 0.533. The Labute approximate surface area is 119 Å². The van der Waals surface area contributed by atoms with Gasteiger partial charge >= 0.3 is 0 Å². The maximum Gasteiger partial charge on any atom is 0.253 e. The fourth-order valence-corrected chi connectivity index (χ4v) is 2.95. The van der Waals surface area contributed by atoms with Crippen molar-refractivity contribution in [1.82, 2.24) is 19.7 Å². The Balaban J connectivity index is 2.05. The van der Waals surface area contributed by atoms with E-state index in [9.17, 15) is 0 Å². The molecule has 106 valence electrons. The zero-order valence-corrected chi connectivity index (χ0v) is 12.1. The van der Waals surface area contributed by atoms with Gasteiger partial charge in [0.15, 0.2) is 0 Å². The molecule has 2 aromatic rings. The molecule has 2 aromatic heterocycles. The smallest absolute Gasteiger partial charge is 0.253 e. The highest BCUT2D eigenvalue weighted by molar-refractivity contribution is 5.33. The summed E-state index contributed by atoms with van der Waals surface area (Å²) in [4.78, 5) is 4.69. The zero-order chi connectivity index (χ0) is 14.1. The van der Waals surface area contributed by atoms with E-state index in [0.29, 0.717) is 5.95 Å².